The predicted octanol–water partition coefficient (Wildman–Crippen LogP) is 6.50. The first kappa shape index (κ1) is 17.1. The molecule has 1 aromatic rings. The molecule has 2 rings (SSSR count). The van der Waals surface area contributed by atoms with E-state index in [2.05, 4.69) is 31.2 Å². The van der Waals surface area contributed by atoms with Gasteiger partial charge in [-0.3, -0.25) is 0 Å². The number of rotatable bonds is 8. The largest absolute Gasteiger partial charge is 0.490 e. The van der Waals surface area contributed by atoms with Gasteiger partial charge in [0.1, 0.15) is 12.4 Å². The highest BCUT2D eigenvalue weighted by atomic mass is 16.5. The maximum Gasteiger partial charge on any atom is 0.119 e. The molecule has 1 saturated carbocycles. The molecule has 0 spiro atoms. The number of allylic oxidation sites excluding steroid dienone is 1. The fourth-order valence-electron chi connectivity index (χ4n) is 3.54. The van der Waals surface area contributed by atoms with Gasteiger partial charge in [0.15, 0.2) is 0 Å². The van der Waals surface area contributed by atoms with Crippen LogP contribution in [0.2, 0.25) is 0 Å². The van der Waals surface area contributed by atoms with Gasteiger partial charge in [-0.1, -0.05) is 56.9 Å². The van der Waals surface area contributed by atoms with Gasteiger partial charge in [0.25, 0.3) is 0 Å². The van der Waals surface area contributed by atoms with Gasteiger partial charge in [-0.05, 0) is 62.1 Å². The second-order valence-electron chi connectivity index (χ2n) is 6.66. The van der Waals surface area contributed by atoms with Crippen molar-refractivity contribution in [3.63, 3.8) is 0 Å². The fraction of sp³-hybridized carbons (Fsp3) is 0.619. The third-order valence-corrected chi connectivity index (χ3v) is 5.00. The SMILES string of the molecule is C/C=C/COc1ccc(C2CCC(CCCCC)CC2)cc1. The molecule has 0 N–H and O–H groups in total. The number of hydrogen-bond donors (Lipinski definition) is 0. The molecule has 1 aliphatic carbocycles. The van der Waals surface area contributed by atoms with Crippen LogP contribution < -0.4 is 4.74 Å². The molecule has 0 saturated heterocycles. The molecular formula is C21H32O. The minimum absolute atomic E-state index is 0.665. The van der Waals surface area contributed by atoms with Crippen molar-refractivity contribution >= 4 is 0 Å². The first-order valence-electron chi connectivity index (χ1n) is 9.17. The highest BCUT2D eigenvalue weighted by Crippen LogP contribution is 2.38. The van der Waals surface area contributed by atoms with Crippen LogP contribution in [-0.4, -0.2) is 6.61 Å². The molecule has 1 nitrogen and oxygen atoms in total. The second-order valence-corrected chi connectivity index (χ2v) is 6.66. The lowest BCUT2D eigenvalue weighted by atomic mass is 9.77. The molecule has 0 atom stereocenters. The number of benzene rings is 1. The van der Waals surface area contributed by atoms with E-state index in [-0.39, 0.29) is 0 Å². The summed E-state index contributed by atoms with van der Waals surface area (Å²) < 4.78 is 5.67. The van der Waals surface area contributed by atoms with Gasteiger partial charge in [0.2, 0.25) is 0 Å². The normalized spacial score (nSPS) is 22.1. The number of hydrogen-bond acceptors (Lipinski definition) is 1. The van der Waals surface area contributed by atoms with Crippen molar-refractivity contribution in [1.29, 1.82) is 0 Å². The first-order chi connectivity index (χ1) is 10.8. The molecule has 1 aliphatic rings. The molecule has 0 radical (unpaired) electrons. The van der Waals surface area contributed by atoms with Crippen LogP contribution in [0.1, 0.15) is 76.7 Å². The Morgan fingerprint density at radius 2 is 1.77 bits per heavy atom. The monoisotopic (exact) mass is 300 g/mol. The van der Waals surface area contributed by atoms with Gasteiger partial charge in [0, 0.05) is 0 Å². The Labute approximate surface area is 136 Å². The van der Waals surface area contributed by atoms with Gasteiger partial charge >= 0.3 is 0 Å². The lowest BCUT2D eigenvalue weighted by molar-refractivity contribution is 0.302. The lowest BCUT2D eigenvalue weighted by Gasteiger charge is -2.29. The molecule has 0 heterocycles. The molecule has 0 aliphatic heterocycles. The standard InChI is InChI=1S/C21H32O/c1-3-5-7-8-18-9-11-19(12-10-18)20-13-15-21(16-14-20)22-17-6-4-2/h4,6,13-16,18-19H,3,5,7-12,17H2,1-2H3/b6-4+. The summed E-state index contributed by atoms with van der Waals surface area (Å²) in [6.07, 6.45) is 15.3. The summed E-state index contributed by atoms with van der Waals surface area (Å²) >= 11 is 0. The summed E-state index contributed by atoms with van der Waals surface area (Å²) in [5.74, 6) is 2.74. The Morgan fingerprint density at radius 1 is 1.05 bits per heavy atom. The van der Waals surface area contributed by atoms with E-state index in [0.29, 0.717) is 6.61 Å². The van der Waals surface area contributed by atoms with Crippen LogP contribution in [0.15, 0.2) is 36.4 Å². The maximum atomic E-state index is 5.67. The van der Waals surface area contributed by atoms with Crippen LogP contribution in [0, 0.1) is 5.92 Å². The Kier molecular flexibility index (Phi) is 7.56. The first-order valence-corrected chi connectivity index (χ1v) is 9.17. The Balaban J connectivity index is 1.76. The highest BCUT2D eigenvalue weighted by molar-refractivity contribution is 5.29. The molecule has 0 aromatic heterocycles. The van der Waals surface area contributed by atoms with Crippen molar-refractivity contribution in [2.75, 3.05) is 6.61 Å². The minimum atomic E-state index is 0.665. The summed E-state index contributed by atoms with van der Waals surface area (Å²) in [4.78, 5) is 0. The topological polar surface area (TPSA) is 9.23 Å². The molecule has 1 aromatic carbocycles. The van der Waals surface area contributed by atoms with Gasteiger partial charge in [-0.25, -0.2) is 0 Å². The van der Waals surface area contributed by atoms with Gasteiger partial charge in [-0.15, -0.1) is 0 Å². The van der Waals surface area contributed by atoms with E-state index < -0.39 is 0 Å². The zero-order valence-electron chi connectivity index (χ0n) is 14.4. The van der Waals surface area contributed by atoms with Gasteiger partial charge < -0.3 is 4.74 Å². The quantitative estimate of drug-likeness (QED) is 0.393. The molecule has 1 fully saturated rings. The van der Waals surface area contributed by atoms with Crippen LogP contribution in [0.3, 0.4) is 0 Å². The van der Waals surface area contributed by atoms with Crippen molar-refractivity contribution in [3.05, 3.63) is 42.0 Å². The number of ether oxygens (including phenoxy) is 1. The van der Waals surface area contributed by atoms with Crippen molar-refractivity contribution in [2.45, 2.75) is 71.1 Å². The Morgan fingerprint density at radius 3 is 2.41 bits per heavy atom. The fourth-order valence-corrected chi connectivity index (χ4v) is 3.54. The molecule has 122 valence electrons. The van der Waals surface area contributed by atoms with Gasteiger partial charge in [-0.2, -0.15) is 0 Å². The molecule has 0 bridgehead atoms. The smallest absolute Gasteiger partial charge is 0.119 e. The molecule has 1 heteroatoms. The Bertz CT molecular complexity index is 424. The number of unbranched alkanes of at least 4 members (excludes halogenated alkanes) is 2. The maximum absolute atomic E-state index is 5.67. The average molecular weight is 300 g/mol. The van der Waals surface area contributed by atoms with Crippen molar-refractivity contribution < 1.29 is 4.74 Å². The predicted molar refractivity (Wildman–Crippen MR) is 95.6 cm³/mol. The van der Waals surface area contributed by atoms with Crippen LogP contribution in [0.25, 0.3) is 0 Å². The minimum Gasteiger partial charge on any atom is -0.490 e. The molecular weight excluding hydrogens is 268 g/mol. The Hall–Kier alpha value is -1.24. The van der Waals surface area contributed by atoms with E-state index in [4.69, 9.17) is 4.74 Å². The van der Waals surface area contributed by atoms with E-state index in [1.54, 1.807) is 0 Å². The van der Waals surface area contributed by atoms with Crippen LogP contribution in [0.5, 0.6) is 5.75 Å². The van der Waals surface area contributed by atoms with E-state index in [1.807, 2.05) is 19.1 Å². The zero-order valence-corrected chi connectivity index (χ0v) is 14.4. The average Bonchev–Trinajstić information content (AvgIpc) is 2.57. The highest BCUT2D eigenvalue weighted by Gasteiger charge is 2.21. The molecule has 0 unspecified atom stereocenters. The lowest BCUT2D eigenvalue weighted by Crippen LogP contribution is -2.13. The summed E-state index contributed by atoms with van der Waals surface area (Å²) in [5, 5.41) is 0. The van der Waals surface area contributed by atoms with E-state index in [1.165, 1.54) is 56.9 Å². The third-order valence-electron chi connectivity index (χ3n) is 5.00. The third kappa shape index (κ3) is 5.51. The van der Waals surface area contributed by atoms with E-state index in [9.17, 15) is 0 Å². The summed E-state index contributed by atoms with van der Waals surface area (Å²) in [6, 6.07) is 8.80. The van der Waals surface area contributed by atoms with Crippen molar-refractivity contribution in [3.8, 4) is 5.75 Å². The van der Waals surface area contributed by atoms with Crippen LogP contribution in [0.4, 0.5) is 0 Å². The van der Waals surface area contributed by atoms with Crippen LogP contribution in [-0.2, 0) is 0 Å². The molecule has 0 amide bonds. The zero-order chi connectivity index (χ0) is 15.6. The summed E-state index contributed by atoms with van der Waals surface area (Å²) in [7, 11) is 0. The van der Waals surface area contributed by atoms with Crippen LogP contribution >= 0.6 is 0 Å². The summed E-state index contributed by atoms with van der Waals surface area (Å²) in [5.41, 5.74) is 1.50. The van der Waals surface area contributed by atoms with E-state index in [0.717, 1.165) is 17.6 Å². The van der Waals surface area contributed by atoms with Crippen molar-refractivity contribution in [2.24, 2.45) is 5.92 Å². The van der Waals surface area contributed by atoms with Gasteiger partial charge in [0.05, 0.1) is 0 Å². The summed E-state index contributed by atoms with van der Waals surface area (Å²) in [6.45, 7) is 4.98. The second kappa shape index (κ2) is 9.71. The van der Waals surface area contributed by atoms with Crippen molar-refractivity contribution in [1.82, 2.24) is 0 Å². The van der Waals surface area contributed by atoms with E-state index >= 15 is 0 Å². The molecule has 22 heavy (non-hydrogen) atoms.